The van der Waals surface area contributed by atoms with Crippen molar-refractivity contribution in [3.8, 4) is 0 Å². The average molecular weight is 166 g/mol. The van der Waals surface area contributed by atoms with E-state index in [2.05, 4.69) is 0 Å². The van der Waals surface area contributed by atoms with Gasteiger partial charge in [0.15, 0.2) is 0 Å². The Kier molecular flexibility index (Phi) is 2.65. The number of nitrogens with zero attached hydrogens (tertiary/aromatic N) is 1. The smallest absolute Gasteiger partial charge is 0.252 e. The van der Waals surface area contributed by atoms with E-state index < -0.39 is 0 Å². The Morgan fingerprint density at radius 3 is 2.67 bits per heavy atom. The van der Waals surface area contributed by atoms with Crippen molar-refractivity contribution >= 4 is 0 Å². The molecule has 0 saturated heterocycles. The molecule has 1 heterocycles. The van der Waals surface area contributed by atoms with Gasteiger partial charge in [0.05, 0.1) is 6.67 Å². The SMILES string of the molecule is CCc1cc(C)cc(=O)n1CN. The second-order valence-electron chi connectivity index (χ2n) is 2.83. The largest absolute Gasteiger partial charge is 0.313 e. The number of aromatic nitrogens is 1. The second-order valence-corrected chi connectivity index (χ2v) is 2.83. The molecule has 0 aliphatic carbocycles. The average Bonchev–Trinajstić information content (AvgIpc) is 2.03. The van der Waals surface area contributed by atoms with Gasteiger partial charge >= 0.3 is 0 Å². The lowest BCUT2D eigenvalue weighted by molar-refractivity contribution is 0.658. The van der Waals surface area contributed by atoms with Crippen LogP contribution in [0.15, 0.2) is 16.9 Å². The fourth-order valence-corrected chi connectivity index (χ4v) is 1.30. The van der Waals surface area contributed by atoms with Gasteiger partial charge in [-0.25, -0.2) is 0 Å². The summed E-state index contributed by atoms with van der Waals surface area (Å²) in [5.74, 6) is 0. The highest BCUT2D eigenvalue weighted by Gasteiger charge is 2.00. The van der Waals surface area contributed by atoms with Gasteiger partial charge in [-0.1, -0.05) is 6.92 Å². The molecular formula is C9H14N2O. The maximum atomic E-state index is 11.3. The second kappa shape index (κ2) is 3.54. The quantitative estimate of drug-likeness (QED) is 0.700. The van der Waals surface area contributed by atoms with Crippen molar-refractivity contribution in [2.75, 3.05) is 0 Å². The molecule has 1 aromatic rings. The molecule has 0 fully saturated rings. The standard InChI is InChI=1S/C9H14N2O/c1-3-8-4-7(2)5-9(12)11(8)6-10/h4-5H,3,6,10H2,1-2H3. The van der Waals surface area contributed by atoms with Crippen LogP contribution < -0.4 is 11.3 Å². The summed E-state index contributed by atoms with van der Waals surface area (Å²) in [5.41, 5.74) is 7.44. The normalized spacial score (nSPS) is 10.2. The van der Waals surface area contributed by atoms with Gasteiger partial charge in [0.2, 0.25) is 0 Å². The van der Waals surface area contributed by atoms with E-state index in [0.29, 0.717) is 0 Å². The number of pyridine rings is 1. The third-order valence-corrected chi connectivity index (χ3v) is 1.90. The van der Waals surface area contributed by atoms with Crippen LogP contribution in [0.25, 0.3) is 0 Å². The molecule has 1 rings (SSSR count). The minimum atomic E-state index is -0.00523. The molecule has 2 N–H and O–H groups in total. The van der Waals surface area contributed by atoms with Crippen molar-refractivity contribution in [2.45, 2.75) is 26.9 Å². The Balaban J connectivity index is 3.34. The summed E-state index contributed by atoms with van der Waals surface area (Å²) < 4.78 is 1.59. The molecule has 12 heavy (non-hydrogen) atoms. The van der Waals surface area contributed by atoms with Crippen LogP contribution in [0.5, 0.6) is 0 Å². The minimum absolute atomic E-state index is 0.00523. The maximum absolute atomic E-state index is 11.3. The molecule has 0 spiro atoms. The number of hydrogen-bond acceptors (Lipinski definition) is 2. The van der Waals surface area contributed by atoms with Gasteiger partial charge in [-0.2, -0.15) is 0 Å². The Morgan fingerprint density at radius 2 is 2.17 bits per heavy atom. The molecule has 0 radical (unpaired) electrons. The highest BCUT2D eigenvalue weighted by Crippen LogP contribution is 2.00. The first-order chi connectivity index (χ1) is 5.69. The molecule has 0 bridgehead atoms. The zero-order valence-electron chi connectivity index (χ0n) is 7.50. The molecule has 3 nitrogen and oxygen atoms in total. The van der Waals surface area contributed by atoms with Gasteiger partial charge in [-0.3, -0.25) is 9.36 Å². The molecule has 0 saturated carbocycles. The summed E-state index contributed by atoms with van der Waals surface area (Å²) in [7, 11) is 0. The first-order valence-corrected chi connectivity index (χ1v) is 4.09. The summed E-state index contributed by atoms with van der Waals surface area (Å²) in [6.07, 6.45) is 0.841. The van der Waals surface area contributed by atoms with E-state index in [1.165, 1.54) is 0 Å². The van der Waals surface area contributed by atoms with Crippen LogP contribution in [0.1, 0.15) is 18.2 Å². The van der Waals surface area contributed by atoms with Crippen molar-refractivity contribution in [1.82, 2.24) is 4.57 Å². The zero-order valence-corrected chi connectivity index (χ0v) is 7.50. The topological polar surface area (TPSA) is 48.0 Å². The van der Waals surface area contributed by atoms with E-state index in [0.717, 1.165) is 17.7 Å². The van der Waals surface area contributed by atoms with Gasteiger partial charge in [-0.15, -0.1) is 0 Å². The fourth-order valence-electron chi connectivity index (χ4n) is 1.30. The Morgan fingerprint density at radius 1 is 1.50 bits per heavy atom. The predicted octanol–water partition coefficient (Wildman–Crippen LogP) is 0.635. The lowest BCUT2D eigenvalue weighted by Crippen LogP contribution is -2.26. The van der Waals surface area contributed by atoms with Crippen LogP contribution in [-0.2, 0) is 13.1 Å². The summed E-state index contributed by atoms with van der Waals surface area (Å²) >= 11 is 0. The van der Waals surface area contributed by atoms with E-state index in [4.69, 9.17) is 5.73 Å². The third-order valence-electron chi connectivity index (χ3n) is 1.90. The zero-order chi connectivity index (χ0) is 9.14. The molecule has 66 valence electrons. The van der Waals surface area contributed by atoms with E-state index in [9.17, 15) is 4.79 Å². The summed E-state index contributed by atoms with van der Waals surface area (Å²) in [4.78, 5) is 11.3. The van der Waals surface area contributed by atoms with Crippen molar-refractivity contribution in [3.05, 3.63) is 33.7 Å². The first kappa shape index (κ1) is 9.00. The van der Waals surface area contributed by atoms with Crippen molar-refractivity contribution in [3.63, 3.8) is 0 Å². The van der Waals surface area contributed by atoms with E-state index in [1.807, 2.05) is 19.9 Å². The predicted molar refractivity (Wildman–Crippen MR) is 49.0 cm³/mol. The fraction of sp³-hybridized carbons (Fsp3) is 0.444. The van der Waals surface area contributed by atoms with E-state index in [-0.39, 0.29) is 12.2 Å². The highest BCUT2D eigenvalue weighted by molar-refractivity contribution is 5.16. The molecule has 0 amide bonds. The summed E-state index contributed by atoms with van der Waals surface area (Å²) in [5, 5.41) is 0. The van der Waals surface area contributed by atoms with E-state index >= 15 is 0 Å². The van der Waals surface area contributed by atoms with Crippen LogP contribution in [0, 0.1) is 6.92 Å². The lowest BCUT2D eigenvalue weighted by atomic mass is 10.2. The van der Waals surface area contributed by atoms with Gasteiger partial charge in [0.1, 0.15) is 0 Å². The lowest BCUT2D eigenvalue weighted by Gasteiger charge is -2.08. The Hall–Kier alpha value is -1.09. The monoisotopic (exact) mass is 166 g/mol. The van der Waals surface area contributed by atoms with Gasteiger partial charge < -0.3 is 5.73 Å². The minimum Gasteiger partial charge on any atom is -0.313 e. The van der Waals surface area contributed by atoms with Crippen LogP contribution in [0.4, 0.5) is 0 Å². The molecule has 0 aliphatic heterocycles. The number of nitrogens with two attached hydrogens (primary N) is 1. The number of rotatable bonds is 2. The van der Waals surface area contributed by atoms with Crippen molar-refractivity contribution in [2.24, 2.45) is 5.73 Å². The number of hydrogen-bond donors (Lipinski definition) is 1. The maximum Gasteiger partial charge on any atom is 0.252 e. The molecule has 3 heteroatoms. The van der Waals surface area contributed by atoms with Gasteiger partial charge in [-0.05, 0) is 25.0 Å². The molecule has 0 aliphatic rings. The Bertz CT molecular complexity index is 328. The third kappa shape index (κ3) is 1.56. The molecule has 1 aromatic heterocycles. The van der Waals surface area contributed by atoms with Crippen LogP contribution >= 0.6 is 0 Å². The molecule has 0 atom stereocenters. The van der Waals surface area contributed by atoms with Crippen molar-refractivity contribution < 1.29 is 0 Å². The molecule has 0 unspecified atom stereocenters. The highest BCUT2D eigenvalue weighted by atomic mass is 16.1. The van der Waals surface area contributed by atoms with Crippen LogP contribution in [0.3, 0.4) is 0 Å². The van der Waals surface area contributed by atoms with Gasteiger partial charge in [0.25, 0.3) is 5.56 Å². The summed E-state index contributed by atoms with van der Waals surface area (Å²) in [6, 6.07) is 3.60. The number of aryl methyl sites for hydroxylation is 2. The summed E-state index contributed by atoms with van der Waals surface area (Å²) in [6.45, 7) is 4.20. The molecule has 0 aromatic carbocycles. The molecular weight excluding hydrogens is 152 g/mol. The van der Waals surface area contributed by atoms with Crippen LogP contribution in [-0.4, -0.2) is 4.57 Å². The van der Waals surface area contributed by atoms with Crippen LogP contribution in [0.2, 0.25) is 0 Å². The Labute approximate surface area is 71.8 Å². The van der Waals surface area contributed by atoms with Crippen molar-refractivity contribution in [1.29, 1.82) is 0 Å². The van der Waals surface area contributed by atoms with Gasteiger partial charge in [0, 0.05) is 11.8 Å². The first-order valence-electron chi connectivity index (χ1n) is 4.09. The van der Waals surface area contributed by atoms with E-state index in [1.54, 1.807) is 10.6 Å².